The zero-order valence-corrected chi connectivity index (χ0v) is 20.6. The minimum Gasteiger partial charge on any atom is -0.294 e. The Balaban J connectivity index is 1.39. The first-order chi connectivity index (χ1) is 18.9. The zero-order chi connectivity index (χ0) is 25.1. The second-order valence-corrected chi connectivity index (χ2v) is 9.81. The van der Waals surface area contributed by atoms with Crippen LogP contribution in [-0.2, 0) is 0 Å². The third-order valence-corrected chi connectivity index (χ3v) is 7.80. The molecule has 1 atom stereocenters. The van der Waals surface area contributed by atoms with Crippen LogP contribution >= 0.6 is 0 Å². The molecule has 1 aliphatic carbocycles. The molecule has 3 heteroatoms. The van der Waals surface area contributed by atoms with Crippen molar-refractivity contribution < 1.29 is 0 Å². The van der Waals surface area contributed by atoms with Gasteiger partial charge in [-0.2, -0.15) is 0 Å². The summed E-state index contributed by atoms with van der Waals surface area (Å²) in [5.74, 6) is 1.03. The number of pyridine rings is 2. The van der Waals surface area contributed by atoms with E-state index in [1.165, 1.54) is 44.2 Å². The molecule has 0 spiro atoms. The first-order valence-corrected chi connectivity index (χ1v) is 13.0. The Morgan fingerprint density at radius 3 is 2.13 bits per heavy atom. The van der Waals surface area contributed by atoms with Gasteiger partial charge < -0.3 is 0 Å². The van der Waals surface area contributed by atoms with Crippen molar-refractivity contribution in [2.45, 2.75) is 5.92 Å². The lowest BCUT2D eigenvalue weighted by Gasteiger charge is -2.17. The molecule has 0 fully saturated rings. The van der Waals surface area contributed by atoms with E-state index in [2.05, 4.69) is 113 Å². The van der Waals surface area contributed by atoms with Crippen molar-refractivity contribution in [3.63, 3.8) is 0 Å². The summed E-state index contributed by atoms with van der Waals surface area (Å²) in [6.07, 6.45) is 3.75. The average Bonchev–Trinajstić information content (AvgIpc) is 3.51. The van der Waals surface area contributed by atoms with E-state index < -0.39 is 0 Å². The number of rotatable bonds is 3. The molecule has 3 nitrogen and oxygen atoms in total. The molecule has 0 N–H and O–H groups in total. The van der Waals surface area contributed by atoms with E-state index in [1.807, 2.05) is 30.6 Å². The summed E-state index contributed by atoms with van der Waals surface area (Å²) in [7, 11) is 0. The molecule has 0 aliphatic heterocycles. The summed E-state index contributed by atoms with van der Waals surface area (Å²) in [5, 5.41) is 2.46. The lowest BCUT2D eigenvalue weighted by atomic mass is 9.87. The van der Waals surface area contributed by atoms with Gasteiger partial charge in [0, 0.05) is 23.2 Å². The average molecular weight is 486 g/mol. The number of hydrogen-bond donors (Lipinski definition) is 0. The molecule has 0 saturated carbocycles. The van der Waals surface area contributed by atoms with Crippen LogP contribution < -0.4 is 0 Å². The van der Waals surface area contributed by atoms with E-state index in [0.29, 0.717) is 0 Å². The quantitative estimate of drug-likeness (QED) is 0.251. The molecule has 178 valence electrons. The van der Waals surface area contributed by atoms with Crippen molar-refractivity contribution in [2.75, 3.05) is 0 Å². The standard InChI is InChI=1S/C35H23N3/c1-2-12-28-25(10-1)27-14-9-13-24(34(27)35(28)30-15-5-7-20-36-30)23-18-19-32-29(22-23)26-11-3-4-16-31(26)38(32)33-17-6-8-21-37-33/h1-22,35H. The molecule has 4 aromatic carbocycles. The maximum atomic E-state index is 4.81. The van der Waals surface area contributed by atoms with Gasteiger partial charge >= 0.3 is 0 Å². The Kier molecular flexibility index (Phi) is 4.58. The van der Waals surface area contributed by atoms with Crippen LogP contribution in [0.5, 0.6) is 0 Å². The van der Waals surface area contributed by atoms with Crippen LogP contribution in [0.3, 0.4) is 0 Å². The first kappa shape index (κ1) is 21.1. The Labute approximate surface area is 220 Å². The van der Waals surface area contributed by atoms with Crippen LogP contribution in [0.15, 0.2) is 134 Å². The lowest BCUT2D eigenvalue weighted by Crippen LogP contribution is -2.03. The second kappa shape index (κ2) is 8.25. The van der Waals surface area contributed by atoms with Crippen LogP contribution in [-0.4, -0.2) is 14.5 Å². The van der Waals surface area contributed by atoms with Crippen LogP contribution in [0.2, 0.25) is 0 Å². The first-order valence-electron chi connectivity index (χ1n) is 13.0. The van der Waals surface area contributed by atoms with Crippen molar-refractivity contribution in [3.8, 4) is 28.1 Å². The summed E-state index contributed by atoms with van der Waals surface area (Å²) in [4.78, 5) is 9.48. The Morgan fingerprint density at radius 1 is 0.526 bits per heavy atom. The number of para-hydroxylation sites is 1. The van der Waals surface area contributed by atoms with E-state index in [9.17, 15) is 0 Å². The summed E-state index contributed by atoms with van der Waals surface area (Å²) >= 11 is 0. The minimum absolute atomic E-state index is 0.101. The van der Waals surface area contributed by atoms with Gasteiger partial charge in [-0.05, 0) is 75.8 Å². The van der Waals surface area contributed by atoms with Crippen LogP contribution in [0.4, 0.5) is 0 Å². The number of hydrogen-bond acceptors (Lipinski definition) is 2. The summed E-state index contributed by atoms with van der Waals surface area (Å²) < 4.78 is 2.26. The molecule has 0 saturated heterocycles. The molecule has 38 heavy (non-hydrogen) atoms. The molecule has 0 bridgehead atoms. The van der Waals surface area contributed by atoms with Gasteiger partial charge in [-0.25, -0.2) is 4.98 Å². The molecule has 1 aliphatic rings. The Bertz CT molecular complexity index is 1970. The van der Waals surface area contributed by atoms with Crippen LogP contribution in [0.1, 0.15) is 22.7 Å². The van der Waals surface area contributed by atoms with Crippen molar-refractivity contribution in [3.05, 3.63) is 151 Å². The van der Waals surface area contributed by atoms with Gasteiger partial charge in [0.15, 0.2) is 0 Å². The van der Waals surface area contributed by atoms with Crippen molar-refractivity contribution in [1.82, 2.24) is 14.5 Å². The Morgan fingerprint density at radius 2 is 1.26 bits per heavy atom. The predicted octanol–water partition coefficient (Wildman–Crippen LogP) is 8.40. The van der Waals surface area contributed by atoms with E-state index in [4.69, 9.17) is 4.98 Å². The van der Waals surface area contributed by atoms with Gasteiger partial charge in [0.25, 0.3) is 0 Å². The van der Waals surface area contributed by atoms with E-state index in [0.717, 1.165) is 22.5 Å². The fourth-order valence-electron chi connectivity index (χ4n) is 6.24. The molecule has 3 heterocycles. The predicted molar refractivity (Wildman–Crippen MR) is 155 cm³/mol. The van der Waals surface area contributed by atoms with Gasteiger partial charge in [-0.15, -0.1) is 0 Å². The Hall–Kier alpha value is -5.02. The van der Waals surface area contributed by atoms with Gasteiger partial charge in [0.05, 0.1) is 22.6 Å². The highest BCUT2D eigenvalue weighted by atomic mass is 15.1. The normalized spacial score (nSPS) is 14.1. The summed E-state index contributed by atoms with van der Waals surface area (Å²) in [6.45, 7) is 0. The summed E-state index contributed by atoms with van der Waals surface area (Å²) in [5.41, 5.74) is 11.1. The molecule has 3 aromatic heterocycles. The van der Waals surface area contributed by atoms with Gasteiger partial charge in [0.2, 0.25) is 0 Å². The SMILES string of the molecule is c1ccc(C2c3ccccc3-c3cccc(-c4ccc5c(c4)c4ccccc4n5-c4ccccn4)c32)nc1. The van der Waals surface area contributed by atoms with Crippen molar-refractivity contribution in [1.29, 1.82) is 0 Å². The van der Waals surface area contributed by atoms with Crippen LogP contribution in [0, 0.1) is 0 Å². The highest BCUT2D eigenvalue weighted by Gasteiger charge is 2.33. The third kappa shape index (κ3) is 3.02. The molecule has 1 unspecified atom stereocenters. The van der Waals surface area contributed by atoms with Gasteiger partial charge in [-0.3, -0.25) is 9.55 Å². The largest absolute Gasteiger partial charge is 0.294 e. The lowest BCUT2D eigenvalue weighted by molar-refractivity contribution is 0.947. The number of aromatic nitrogens is 3. The fraction of sp³-hybridized carbons (Fsp3) is 0.0286. The maximum Gasteiger partial charge on any atom is 0.137 e. The number of nitrogens with zero attached hydrogens (tertiary/aromatic N) is 3. The maximum absolute atomic E-state index is 4.81. The highest BCUT2D eigenvalue weighted by Crippen LogP contribution is 2.51. The molecule has 7 aromatic rings. The third-order valence-electron chi connectivity index (χ3n) is 7.80. The topological polar surface area (TPSA) is 30.7 Å². The summed E-state index contributed by atoms with van der Waals surface area (Å²) in [6, 6.07) is 43.2. The van der Waals surface area contributed by atoms with E-state index in [1.54, 1.807) is 0 Å². The molecule has 8 rings (SSSR count). The second-order valence-electron chi connectivity index (χ2n) is 9.81. The van der Waals surface area contributed by atoms with Gasteiger partial charge in [0.1, 0.15) is 5.82 Å². The fourth-order valence-corrected chi connectivity index (χ4v) is 6.24. The highest BCUT2D eigenvalue weighted by molar-refractivity contribution is 6.10. The minimum atomic E-state index is 0.101. The number of benzene rings is 4. The monoisotopic (exact) mass is 485 g/mol. The van der Waals surface area contributed by atoms with E-state index >= 15 is 0 Å². The smallest absolute Gasteiger partial charge is 0.137 e. The van der Waals surface area contributed by atoms with Crippen molar-refractivity contribution >= 4 is 21.8 Å². The molecular weight excluding hydrogens is 462 g/mol. The van der Waals surface area contributed by atoms with E-state index in [-0.39, 0.29) is 5.92 Å². The zero-order valence-electron chi connectivity index (χ0n) is 20.6. The van der Waals surface area contributed by atoms with Crippen LogP contribution in [0.25, 0.3) is 49.9 Å². The van der Waals surface area contributed by atoms with Crippen molar-refractivity contribution in [2.24, 2.45) is 0 Å². The molecule has 0 amide bonds. The molecule has 0 radical (unpaired) electrons. The number of fused-ring (bicyclic) bond motifs is 6. The van der Waals surface area contributed by atoms with Gasteiger partial charge in [-0.1, -0.05) is 78.9 Å². The molecular formula is C35H23N3.